The highest BCUT2D eigenvalue weighted by Crippen LogP contribution is 2.39. The molecule has 1 amide bonds. The third-order valence-corrected chi connectivity index (χ3v) is 4.85. The van der Waals surface area contributed by atoms with Crippen LogP contribution in [-0.2, 0) is 4.79 Å². The lowest BCUT2D eigenvalue weighted by atomic mass is 9.70. The van der Waals surface area contributed by atoms with Crippen LogP contribution in [0.4, 0.5) is 0 Å². The summed E-state index contributed by atoms with van der Waals surface area (Å²) in [6, 6.07) is -0.0394. The summed E-state index contributed by atoms with van der Waals surface area (Å²) in [5.74, 6) is 1.15. The number of hydrogen-bond acceptors (Lipinski definition) is 3. The van der Waals surface area contributed by atoms with Gasteiger partial charge in [-0.3, -0.25) is 14.9 Å². The molecule has 108 valence electrons. The zero-order valence-corrected chi connectivity index (χ0v) is 11.6. The summed E-state index contributed by atoms with van der Waals surface area (Å²) in [7, 11) is 0. The molecule has 5 nitrogen and oxygen atoms in total. The molecule has 0 aromatic carbocycles. The molecular weight excluding hydrogens is 244 g/mol. The maximum atomic E-state index is 11.3. The second-order valence-electron chi connectivity index (χ2n) is 6.11. The Balaban J connectivity index is 1.92. The van der Waals surface area contributed by atoms with Crippen molar-refractivity contribution < 1.29 is 9.72 Å². The number of rotatable bonds is 3. The van der Waals surface area contributed by atoms with Crippen LogP contribution in [0.2, 0.25) is 0 Å². The Bertz CT molecular complexity index is 338. The third-order valence-electron chi connectivity index (χ3n) is 4.85. The van der Waals surface area contributed by atoms with Crippen molar-refractivity contribution >= 4 is 5.91 Å². The number of nitrogens with zero attached hydrogens (tertiary/aromatic N) is 1. The van der Waals surface area contributed by atoms with Gasteiger partial charge in [0.15, 0.2) is 0 Å². The van der Waals surface area contributed by atoms with E-state index in [1.807, 2.05) is 0 Å². The van der Waals surface area contributed by atoms with E-state index in [0.717, 1.165) is 19.3 Å². The average Bonchev–Trinajstić information content (AvgIpc) is 2.39. The van der Waals surface area contributed by atoms with Gasteiger partial charge in [0.1, 0.15) is 0 Å². The summed E-state index contributed by atoms with van der Waals surface area (Å²) < 4.78 is 0. The Hall–Kier alpha value is -1.13. The Kier molecular flexibility index (Phi) is 4.77. The first kappa shape index (κ1) is 14.3. The van der Waals surface area contributed by atoms with Gasteiger partial charge < -0.3 is 5.32 Å². The summed E-state index contributed by atoms with van der Waals surface area (Å²) in [6.45, 7) is 1.58. The number of amides is 1. The first-order chi connectivity index (χ1) is 9.08. The highest BCUT2D eigenvalue weighted by molar-refractivity contribution is 5.73. The first-order valence-corrected chi connectivity index (χ1v) is 7.48. The number of nitro groups is 1. The minimum absolute atomic E-state index is 0.0517. The zero-order valence-electron chi connectivity index (χ0n) is 11.6. The zero-order chi connectivity index (χ0) is 13.8. The molecule has 2 rings (SSSR count). The first-order valence-electron chi connectivity index (χ1n) is 7.48. The molecule has 0 bridgehead atoms. The predicted octanol–water partition coefficient (Wildman–Crippen LogP) is 2.52. The summed E-state index contributed by atoms with van der Waals surface area (Å²) in [5, 5.41) is 13.9. The molecule has 0 saturated heterocycles. The van der Waals surface area contributed by atoms with Crippen LogP contribution in [0.15, 0.2) is 0 Å². The van der Waals surface area contributed by atoms with Crippen molar-refractivity contribution in [2.45, 2.75) is 70.4 Å². The van der Waals surface area contributed by atoms with Crippen LogP contribution in [0, 0.1) is 22.0 Å². The molecular formula is C14H24N2O3. The van der Waals surface area contributed by atoms with E-state index in [0.29, 0.717) is 30.7 Å². The maximum absolute atomic E-state index is 11.3. The van der Waals surface area contributed by atoms with Crippen molar-refractivity contribution in [3.63, 3.8) is 0 Å². The van der Waals surface area contributed by atoms with E-state index in [2.05, 4.69) is 5.32 Å². The average molecular weight is 268 g/mol. The van der Waals surface area contributed by atoms with Gasteiger partial charge in [-0.05, 0) is 37.5 Å². The highest BCUT2D eigenvalue weighted by Gasteiger charge is 2.37. The van der Waals surface area contributed by atoms with Gasteiger partial charge in [0.25, 0.3) is 0 Å². The Morgan fingerprint density at radius 3 is 2.32 bits per heavy atom. The van der Waals surface area contributed by atoms with Crippen molar-refractivity contribution in [3.05, 3.63) is 10.1 Å². The summed E-state index contributed by atoms with van der Waals surface area (Å²) in [4.78, 5) is 22.0. The monoisotopic (exact) mass is 268 g/mol. The van der Waals surface area contributed by atoms with Crippen LogP contribution in [0.3, 0.4) is 0 Å². The molecule has 2 saturated carbocycles. The number of carbonyl (C=O) groups is 1. The van der Waals surface area contributed by atoms with Gasteiger partial charge in [0, 0.05) is 30.7 Å². The summed E-state index contributed by atoms with van der Waals surface area (Å²) in [5.41, 5.74) is 0. The fraction of sp³-hybridized carbons (Fsp3) is 0.929. The lowest BCUT2D eigenvalue weighted by molar-refractivity contribution is -0.527. The smallest absolute Gasteiger partial charge is 0.217 e. The van der Waals surface area contributed by atoms with Crippen LogP contribution in [0.5, 0.6) is 0 Å². The largest absolute Gasteiger partial charge is 0.353 e. The molecule has 5 heteroatoms. The van der Waals surface area contributed by atoms with Crippen LogP contribution in [-0.4, -0.2) is 22.9 Å². The predicted molar refractivity (Wildman–Crippen MR) is 72.3 cm³/mol. The molecule has 0 heterocycles. The molecule has 19 heavy (non-hydrogen) atoms. The van der Waals surface area contributed by atoms with E-state index in [1.165, 1.54) is 19.3 Å². The summed E-state index contributed by atoms with van der Waals surface area (Å²) >= 11 is 0. The molecule has 0 spiro atoms. The van der Waals surface area contributed by atoms with E-state index in [1.54, 1.807) is 6.92 Å². The van der Waals surface area contributed by atoms with Crippen molar-refractivity contribution in [3.8, 4) is 0 Å². The van der Waals surface area contributed by atoms with Crippen molar-refractivity contribution in [1.82, 2.24) is 5.32 Å². The third kappa shape index (κ3) is 3.67. The van der Waals surface area contributed by atoms with E-state index < -0.39 is 0 Å². The van der Waals surface area contributed by atoms with Crippen molar-refractivity contribution in [1.29, 1.82) is 0 Å². The molecule has 0 aromatic rings. The molecule has 2 aliphatic carbocycles. The number of hydrogen-bond donors (Lipinski definition) is 1. The number of nitrogens with one attached hydrogen (secondary N) is 1. The van der Waals surface area contributed by atoms with Crippen LogP contribution < -0.4 is 5.32 Å². The van der Waals surface area contributed by atoms with Gasteiger partial charge in [-0.1, -0.05) is 12.8 Å². The standard InChI is InChI=1S/C14H24N2O3/c1-10(17)15-14-5-3-2-4-13(14)11-6-8-12(9-7-11)16(18)19/h11-14H,2-9H2,1H3,(H,15,17)/t11?,12?,13-,14-/m1/s1. The quantitative estimate of drug-likeness (QED) is 0.631. The Morgan fingerprint density at radius 2 is 1.74 bits per heavy atom. The Labute approximate surface area is 114 Å². The van der Waals surface area contributed by atoms with Gasteiger partial charge in [-0.2, -0.15) is 0 Å². The van der Waals surface area contributed by atoms with E-state index in [-0.39, 0.29) is 16.9 Å². The molecule has 2 fully saturated rings. The van der Waals surface area contributed by atoms with Crippen LogP contribution in [0.1, 0.15) is 58.3 Å². The summed E-state index contributed by atoms with van der Waals surface area (Å²) in [6.07, 6.45) is 7.97. The number of carbonyl (C=O) groups excluding carboxylic acids is 1. The lowest BCUT2D eigenvalue weighted by Crippen LogP contribution is -2.45. The SMILES string of the molecule is CC(=O)N[C@@H]1CCCC[C@@H]1C1CCC([N+](=O)[O-])CC1. The second kappa shape index (κ2) is 6.35. The highest BCUT2D eigenvalue weighted by atomic mass is 16.6. The van der Waals surface area contributed by atoms with Gasteiger partial charge >= 0.3 is 0 Å². The Morgan fingerprint density at radius 1 is 1.11 bits per heavy atom. The molecule has 0 unspecified atom stereocenters. The molecule has 2 aliphatic rings. The van der Waals surface area contributed by atoms with E-state index >= 15 is 0 Å². The molecule has 0 aliphatic heterocycles. The van der Waals surface area contributed by atoms with Gasteiger partial charge in [-0.15, -0.1) is 0 Å². The molecule has 1 N–H and O–H groups in total. The molecule has 0 radical (unpaired) electrons. The minimum atomic E-state index is -0.334. The molecule has 0 aromatic heterocycles. The van der Waals surface area contributed by atoms with Crippen molar-refractivity contribution in [2.75, 3.05) is 0 Å². The van der Waals surface area contributed by atoms with Crippen LogP contribution >= 0.6 is 0 Å². The van der Waals surface area contributed by atoms with Gasteiger partial charge in [0.05, 0.1) is 0 Å². The minimum Gasteiger partial charge on any atom is -0.353 e. The van der Waals surface area contributed by atoms with Crippen LogP contribution in [0.25, 0.3) is 0 Å². The van der Waals surface area contributed by atoms with Gasteiger partial charge in [0.2, 0.25) is 11.9 Å². The van der Waals surface area contributed by atoms with Gasteiger partial charge in [-0.25, -0.2) is 0 Å². The van der Waals surface area contributed by atoms with E-state index in [9.17, 15) is 14.9 Å². The lowest BCUT2D eigenvalue weighted by Gasteiger charge is -2.39. The maximum Gasteiger partial charge on any atom is 0.217 e. The topological polar surface area (TPSA) is 72.2 Å². The second-order valence-corrected chi connectivity index (χ2v) is 6.11. The fourth-order valence-corrected chi connectivity index (χ4v) is 3.90. The molecule has 2 atom stereocenters. The fourth-order valence-electron chi connectivity index (χ4n) is 3.90. The normalized spacial score (nSPS) is 35.6. The van der Waals surface area contributed by atoms with E-state index in [4.69, 9.17) is 0 Å². The van der Waals surface area contributed by atoms with Crippen molar-refractivity contribution in [2.24, 2.45) is 11.8 Å².